The molecule has 2 atom stereocenters. The molecule has 1 rings (SSSR count). The molecule has 1 aromatic rings. The van der Waals surface area contributed by atoms with E-state index in [2.05, 4.69) is 24.4 Å². The molecule has 1 N–H and O–H groups in total. The lowest BCUT2D eigenvalue weighted by molar-refractivity contribution is -0.130. The average Bonchev–Trinajstić information content (AvgIpc) is 2.48. The first-order valence-corrected chi connectivity index (χ1v) is 8.29. The van der Waals surface area contributed by atoms with Crippen molar-refractivity contribution in [2.75, 3.05) is 0 Å². The number of hydrogen-bond donors (Lipinski definition) is 1. The van der Waals surface area contributed by atoms with Crippen LogP contribution in [0.4, 0.5) is 0 Å². The Morgan fingerprint density at radius 1 is 1.00 bits per heavy atom. The maximum absolute atomic E-state index is 12.3. The van der Waals surface area contributed by atoms with Gasteiger partial charge in [0.15, 0.2) is 5.78 Å². The number of ketones is 1. The van der Waals surface area contributed by atoms with Gasteiger partial charge in [-0.05, 0) is 36.8 Å². The van der Waals surface area contributed by atoms with Gasteiger partial charge in [0.05, 0.1) is 6.04 Å². The van der Waals surface area contributed by atoms with Crippen LogP contribution in [-0.4, -0.2) is 17.7 Å². The van der Waals surface area contributed by atoms with Gasteiger partial charge in [-0.25, -0.2) is 0 Å². The van der Waals surface area contributed by atoms with Crippen LogP contribution in [-0.2, 0) is 22.4 Å². The zero-order valence-electron chi connectivity index (χ0n) is 14.5. The van der Waals surface area contributed by atoms with E-state index in [4.69, 9.17) is 0 Å². The predicted octanol–water partition coefficient (Wildman–Crippen LogP) is 3.55. The molecule has 3 heteroatoms. The monoisotopic (exact) mass is 303 g/mol. The zero-order chi connectivity index (χ0) is 16.7. The molecule has 1 amide bonds. The molecule has 122 valence electrons. The molecule has 0 saturated carbocycles. The standard InChI is InChI=1S/C19H29NO2/c1-6-15-8-10-16(11-9-15)12-18(21)14(5)20-19(22)17(7-2)13(3)4/h8-11,13-14,17H,6-7,12H2,1-5H3,(H,20,22)/t14-,17-/m0/s1. The van der Waals surface area contributed by atoms with Crippen molar-refractivity contribution in [3.8, 4) is 0 Å². The largest absolute Gasteiger partial charge is 0.346 e. The molecule has 0 aromatic heterocycles. The Kier molecular flexibility index (Phi) is 7.30. The number of benzene rings is 1. The van der Waals surface area contributed by atoms with Crippen molar-refractivity contribution >= 4 is 11.7 Å². The summed E-state index contributed by atoms with van der Waals surface area (Å²) in [6.07, 6.45) is 2.15. The van der Waals surface area contributed by atoms with E-state index in [-0.39, 0.29) is 23.5 Å². The summed E-state index contributed by atoms with van der Waals surface area (Å²) in [5, 5.41) is 2.87. The first-order chi connectivity index (χ1) is 10.4. The van der Waals surface area contributed by atoms with Crippen LogP contribution in [0.2, 0.25) is 0 Å². The number of nitrogens with one attached hydrogen (secondary N) is 1. The van der Waals surface area contributed by atoms with E-state index in [9.17, 15) is 9.59 Å². The summed E-state index contributed by atoms with van der Waals surface area (Å²) >= 11 is 0. The SMILES string of the molecule is CCc1ccc(CC(=O)[C@H](C)NC(=O)[C@@H](CC)C(C)C)cc1. The van der Waals surface area contributed by atoms with Gasteiger partial charge in [-0.15, -0.1) is 0 Å². The third-order valence-corrected chi connectivity index (χ3v) is 4.23. The molecule has 1 aromatic carbocycles. The van der Waals surface area contributed by atoms with Crippen LogP contribution in [0.25, 0.3) is 0 Å². The molecule has 0 radical (unpaired) electrons. The van der Waals surface area contributed by atoms with Gasteiger partial charge in [0.1, 0.15) is 0 Å². The van der Waals surface area contributed by atoms with Crippen LogP contribution in [0.1, 0.15) is 52.2 Å². The highest BCUT2D eigenvalue weighted by Crippen LogP contribution is 2.15. The van der Waals surface area contributed by atoms with Crippen molar-refractivity contribution in [1.82, 2.24) is 5.32 Å². The fraction of sp³-hybridized carbons (Fsp3) is 0.579. The number of aryl methyl sites for hydroxylation is 1. The van der Waals surface area contributed by atoms with Gasteiger partial charge in [0, 0.05) is 12.3 Å². The van der Waals surface area contributed by atoms with E-state index in [1.807, 2.05) is 32.9 Å². The molecule has 0 aliphatic carbocycles. The third kappa shape index (κ3) is 5.28. The summed E-state index contributed by atoms with van der Waals surface area (Å²) in [6, 6.07) is 7.66. The van der Waals surface area contributed by atoms with Crippen LogP contribution < -0.4 is 5.32 Å². The Morgan fingerprint density at radius 2 is 1.55 bits per heavy atom. The van der Waals surface area contributed by atoms with Gasteiger partial charge in [-0.1, -0.05) is 52.0 Å². The first kappa shape index (κ1) is 18.4. The van der Waals surface area contributed by atoms with E-state index in [1.165, 1.54) is 5.56 Å². The van der Waals surface area contributed by atoms with E-state index in [0.717, 1.165) is 18.4 Å². The van der Waals surface area contributed by atoms with Crippen LogP contribution in [0, 0.1) is 11.8 Å². The normalized spacial score (nSPS) is 13.7. The fourth-order valence-electron chi connectivity index (χ4n) is 2.61. The summed E-state index contributed by atoms with van der Waals surface area (Å²) in [7, 11) is 0. The van der Waals surface area contributed by atoms with Crippen LogP contribution in [0.5, 0.6) is 0 Å². The number of rotatable bonds is 8. The Morgan fingerprint density at radius 3 is 2.00 bits per heavy atom. The molecule has 22 heavy (non-hydrogen) atoms. The molecule has 3 nitrogen and oxygen atoms in total. The topological polar surface area (TPSA) is 46.2 Å². The zero-order valence-corrected chi connectivity index (χ0v) is 14.5. The summed E-state index contributed by atoms with van der Waals surface area (Å²) in [5.74, 6) is 0.295. The minimum atomic E-state index is -0.439. The summed E-state index contributed by atoms with van der Waals surface area (Å²) in [5.41, 5.74) is 2.26. The van der Waals surface area contributed by atoms with E-state index in [0.29, 0.717) is 6.42 Å². The predicted molar refractivity (Wildman–Crippen MR) is 90.8 cm³/mol. The molecule has 0 heterocycles. The molecule has 0 unspecified atom stereocenters. The number of Topliss-reactive ketones (excluding diaryl/α,β-unsaturated/α-hetero) is 1. The van der Waals surface area contributed by atoms with Gasteiger partial charge in [0.25, 0.3) is 0 Å². The van der Waals surface area contributed by atoms with Gasteiger partial charge < -0.3 is 5.32 Å². The van der Waals surface area contributed by atoms with Crippen molar-refractivity contribution in [1.29, 1.82) is 0 Å². The second-order valence-corrected chi connectivity index (χ2v) is 6.30. The quantitative estimate of drug-likeness (QED) is 0.798. The number of carbonyl (C=O) groups excluding carboxylic acids is 2. The second kappa shape index (κ2) is 8.72. The molecule has 0 aliphatic heterocycles. The van der Waals surface area contributed by atoms with Crippen LogP contribution in [0.15, 0.2) is 24.3 Å². The Balaban J connectivity index is 2.59. The fourth-order valence-corrected chi connectivity index (χ4v) is 2.61. The van der Waals surface area contributed by atoms with E-state index >= 15 is 0 Å². The van der Waals surface area contributed by atoms with Gasteiger partial charge in [-0.2, -0.15) is 0 Å². The minimum absolute atomic E-state index is 0.0142. The van der Waals surface area contributed by atoms with Crippen molar-refractivity contribution in [3.63, 3.8) is 0 Å². The minimum Gasteiger partial charge on any atom is -0.346 e. The molecular formula is C19H29NO2. The summed E-state index contributed by atoms with van der Waals surface area (Å²) in [6.45, 7) is 9.96. The molecular weight excluding hydrogens is 274 g/mol. The van der Waals surface area contributed by atoms with Crippen molar-refractivity contribution < 1.29 is 9.59 Å². The Labute approximate surface area is 134 Å². The Bertz CT molecular complexity index is 491. The van der Waals surface area contributed by atoms with Gasteiger partial charge in [-0.3, -0.25) is 9.59 Å². The van der Waals surface area contributed by atoms with Crippen LogP contribution >= 0.6 is 0 Å². The average molecular weight is 303 g/mol. The molecule has 0 bridgehead atoms. The third-order valence-electron chi connectivity index (χ3n) is 4.23. The summed E-state index contributed by atoms with van der Waals surface area (Å²) < 4.78 is 0. The molecule has 0 aliphatic rings. The number of carbonyl (C=O) groups is 2. The van der Waals surface area contributed by atoms with Crippen molar-refractivity contribution in [2.45, 2.75) is 59.9 Å². The van der Waals surface area contributed by atoms with Gasteiger partial charge in [0.2, 0.25) is 5.91 Å². The van der Waals surface area contributed by atoms with Crippen molar-refractivity contribution in [3.05, 3.63) is 35.4 Å². The molecule has 0 saturated heterocycles. The Hall–Kier alpha value is -1.64. The lowest BCUT2D eigenvalue weighted by Gasteiger charge is -2.21. The highest BCUT2D eigenvalue weighted by molar-refractivity contribution is 5.90. The van der Waals surface area contributed by atoms with Gasteiger partial charge >= 0.3 is 0 Å². The van der Waals surface area contributed by atoms with E-state index < -0.39 is 6.04 Å². The lowest BCUT2D eigenvalue weighted by atomic mass is 9.92. The second-order valence-electron chi connectivity index (χ2n) is 6.30. The highest BCUT2D eigenvalue weighted by atomic mass is 16.2. The summed E-state index contributed by atoms with van der Waals surface area (Å²) in [4.78, 5) is 24.5. The number of hydrogen-bond acceptors (Lipinski definition) is 2. The first-order valence-electron chi connectivity index (χ1n) is 8.29. The molecule has 0 spiro atoms. The molecule has 0 fully saturated rings. The number of amides is 1. The lowest BCUT2D eigenvalue weighted by Crippen LogP contribution is -2.43. The smallest absolute Gasteiger partial charge is 0.223 e. The van der Waals surface area contributed by atoms with E-state index in [1.54, 1.807) is 6.92 Å². The maximum atomic E-state index is 12.3. The van der Waals surface area contributed by atoms with Crippen molar-refractivity contribution in [2.24, 2.45) is 11.8 Å². The van der Waals surface area contributed by atoms with Crippen LogP contribution in [0.3, 0.4) is 0 Å². The maximum Gasteiger partial charge on any atom is 0.223 e. The highest BCUT2D eigenvalue weighted by Gasteiger charge is 2.23.